The predicted octanol–water partition coefficient (Wildman–Crippen LogP) is 3.44. The maximum Gasteiger partial charge on any atom is 0.0325 e. The van der Waals surface area contributed by atoms with Gasteiger partial charge in [0.05, 0.1) is 0 Å². The van der Waals surface area contributed by atoms with E-state index >= 15 is 0 Å². The van der Waals surface area contributed by atoms with E-state index in [2.05, 4.69) is 56.1 Å². The Morgan fingerprint density at radius 1 is 1.37 bits per heavy atom. The van der Waals surface area contributed by atoms with Gasteiger partial charge in [-0.25, -0.2) is 0 Å². The smallest absolute Gasteiger partial charge is 0.0325 e. The van der Waals surface area contributed by atoms with E-state index in [0.29, 0.717) is 12.1 Å². The van der Waals surface area contributed by atoms with Gasteiger partial charge in [0.2, 0.25) is 0 Å². The number of rotatable bonds is 4. The maximum atomic E-state index is 3.54. The summed E-state index contributed by atoms with van der Waals surface area (Å²) in [6, 6.07) is 8.06. The highest BCUT2D eigenvalue weighted by Crippen LogP contribution is 2.27. The Morgan fingerprint density at radius 3 is 2.74 bits per heavy atom. The van der Waals surface area contributed by atoms with Crippen LogP contribution in [0.4, 0.5) is 0 Å². The van der Waals surface area contributed by atoms with Gasteiger partial charge >= 0.3 is 0 Å². The van der Waals surface area contributed by atoms with Gasteiger partial charge in [-0.3, -0.25) is 4.90 Å². The molecule has 0 bridgehead atoms. The van der Waals surface area contributed by atoms with Gasteiger partial charge in [-0.2, -0.15) is 0 Å². The fraction of sp³-hybridized carbons (Fsp3) is 0.647. The minimum Gasteiger partial charge on any atom is -0.315 e. The van der Waals surface area contributed by atoms with Crippen LogP contribution in [0.2, 0.25) is 0 Å². The summed E-state index contributed by atoms with van der Waals surface area (Å²) in [5.74, 6) is 0. The molecule has 2 rings (SSSR count). The Labute approximate surface area is 118 Å². The third kappa shape index (κ3) is 3.37. The molecule has 1 heterocycles. The van der Waals surface area contributed by atoms with Gasteiger partial charge in [0.25, 0.3) is 0 Å². The molecule has 2 nitrogen and oxygen atoms in total. The summed E-state index contributed by atoms with van der Waals surface area (Å²) in [4.78, 5) is 2.66. The molecule has 0 aliphatic carbocycles. The average Bonchev–Trinajstić information content (AvgIpc) is 2.40. The monoisotopic (exact) mass is 260 g/mol. The second-order valence-corrected chi connectivity index (χ2v) is 5.87. The van der Waals surface area contributed by atoms with E-state index < -0.39 is 0 Å². The highest BCUT2D eigenvalue weighted by atomic mass is 15.2. The molecule has 1 aliphatic heterocycles. The number of nitrogens with one attached hydrogen (secondary N) is 1. The molecule has 0 spiro atoms. The maximum absolute atomic E-state index is 3.54. The highest BCUT2D eigenvalue weighted by Gasteiger charge is 2.25. The lowest BCUT2D eigenvalue weighted by molar-refractivity contribution is 0.127. The second-order valence-electron chi connectivity index (χ2n) is 5.87. The van der Waals surface area contributed by atoms with Crippen molar-refractivity contribution in [2.24, 2.45) is 0 Å². The number of nitrogens with zero attached hydrogens (tertiary/aromatic N) is 1. The molecule has 1 fully saturated rings. The molecule has 2 unspecified atom stereocenters. The lowest BCUT2D eigenvalue weighted by Gasteiger charge is -2.38. The van der Waals surface area contributed by atoms with Crippen molar-refractivity contribution in [3.8, 4) is 0 Å². The van der Waals surface area contributed by atoms with Crippen LogP contribution in [0.15, 0.2) is 18.2 Å². The quantitative estimate of drug-likeness (QED) is 0.892. The molecule has 1 N–H and O–H groups in total. The molecular weight excluding hydrogens is 232 g/mol. The van der Waals surface area contributed by atoms with Crippen LogP contribution >= 0.6 is 0 Å². The van der Waals surface area contributed by atoms with Crippen LogP contribution < -0.4 is 5.32 Å². The van der Waals surface area contributed by atoms with Crippen LogP contribution in [0.3, 0.4) is 0 Å². The zero-order chi connectivity index (χ0) is 13.8. The van der Waals surface area contributed by atoms with Crippen LogP contribution in [-0.4, -0.2) is 30.6 Å². The van der Waals surface area contributed by atoms with Gasteiger partial charge < -0.3 is 5.32 Å². The van der Waals surface area contributed by atoms with Gasteiger partial charge in [0, 0.05) is 18.6 Å². The van der Waals surface area contributed by atoms with Crippen LogP contribution in [0.5, 0.6) is 0 Å². The molecule has 0 amide bonds. The van der Waals surface area contributed by atoms with Crippen LogP contribution in [0.1, 0.15) is 49.4 Å². The van der Waals surface area contributed by atoms with E-state index in [1.165, 1.54) is 36.1 Å². The highest BCUT2D eigenvalue weighted by molar-refractivity contribution is 5.32. The molecule has 0 saturated carbocycles. The molecule has 0 aromatic heterocycles. The largest absolute Gasteiger partial charge is 0.315 e. The van der Waals surface area contributed by atoms with Gasteiger partial charge in [-0.15, -0.1) is 0 Å². The van der Waals surface area contributed by atoms with E-state index in [4.69, 9.17) is 0 Å². The van der Waals surface area contributed by atoms with Crippen LogP contribution in [0, 0.1) is 13.8 Å². The molecule has 1 aromatic rings. The Bertz CT molecular complexity index is 408. The van der Waals surface area contributed by atoms with Crippen molar-refractivity contribution >= 4 is 0 Å². The Kier molecular flexibility index (Phi) is 5.00. The summed E-state index contributed by atoms with van der Waals surface area (Å²) < 4.78 is 0. The molecule has 1 saturated heterocycles. The fourth-order valence-electron chi connectivity index (χ4n) is 3.44. The van der Waals surface area contributed by atoms with E-state index in [0.717, 1.165) is 13.1 Å². The Hall–Kier alpha value is -0.860. The topological polar surface area (TPSA) is 15.3 Å². The van der Waals surface area contributed by atoms with Crippen molar-refractivity contribution < 1.29 is 0 Å². The molecular formula is C17H28N2. The number of benzene rings is 1. The van der Waals surface area contributed by atoms with E-state index in [-0.39, 0.29) is 0 Å². The average molecular weight is 260 g/mol. The third-order valence-electron chi connectivity index (χ3n) is 4.48. The number of piperidine rings is 1. The Morgan fingerprint density at radius 2 is 2.16 bits per heavy atom. The van der Waals surface area contributed by atoms with Gasteiger partial charge in [-0.1, -0.05) is 30.7 Å². The minimum absolute atomic E-state index is 0.510. The summed E-state index contributed by atoms with van der Waals surface area (Å²) >= 11 is 0. The molecule has 1 aromatic carbocycles. The number of hydrogen-bond acceptors (Lipinski definition) is 2. The molecule has 19 heavy (non-hydrogen) atoms. The SMILES string of the molecule is CCN(C1CCCNC1)C(C)c1ccc(C)cc1C. The summed E-state index contributed by atoms with van der Waals surface area (Å²) in [5.41, 5.74) is 4.27. The molecule has 2 heteroatoms. The Balaban J connectivity index is 2.17. The molecule has 106 valence electrons. The summed E-state index contributed by atoms with van der Waals surface area (Å²) in [5, 5.41) is 3.54. The minimum atomic E-state index is 0.510. The predicted molar refractivity (Wildman–Crippen MR) is 82.6 cm³/mol. The first-order valence-corrected chi connectivity index (χ1v) is 7.67. The van der Waals surface area contributed by atoms with Crippen molar-refractivity contribution in [1.29, 1.82) is 0 Å². The van der Waals surface area contributed by atoms with E-state index in [1.54, 1.807) is 0 Å². The fourth-order valence-corrected chi connectivity index (χ4v) is 3.44. The number of likely N-dealkylation sites (N-methyl/N-ethyl adjacent to an activating group) is 1. The van der Waals surface area contributed by atoms with Gasteiger partial charge in [0.15, 0.2) is 0 Å². The molecule has 2 atom stereocenters. The third-order valence-corrected chi connectivity index (χ3v) is 4.48. The van der Waals surface area contributed by atoms with Crippen molar-refractivity contribution in [2.75, 3.05) is 19.6 Å². The summed E-state index contributed by atoms with van der Waals surface area (Å²) in [6.45, 7) is 12.5. The first-order valence-electron chi connectivity index (χ1n) is 7.67. The van der Waals surface area contributed by atoms with Gasteiger partial charge in [-0.05, 0) is 57.8 Å². The zero-order valence-corrected chi connectivity index (χ0v) is 12.9. The lowest BCUT2D eigenvalue weighted by atomic mass is 9.96. The molecule has 0 radical (unpaired) electrons. The standard InChI is InChI=1S/C17H28N2/c1-5-19(16-7-6-10-18-12-16)15(4)17-9-8-13(2)11-14(17)3/h8-9,11,15-16,18H,5-7,10,12H2,1-4H3. The second kappa shape index (κ2) is 6.53. The van der Waals surface area contributed by atoms with Crippen molar-refractivity contribution in [3.63, 3.8) is 0 Å². The summed E-state index contributed by atoms with van der Waals surface area (Å²) in [6.07, 6.45) is 2.64. The normalized spacial score (nSPS) is 21.6. The first-order chi connectivity index (χ1) is 9.13. The van der Waals surface area contributed by atoms with Crippen molar-refractivity contribution in [1.82, 2.24) is 10.2 Å². The van der Waals surface area contributed by atoms with Crippen molar-refractivity contribution in [2.45, 2.75) is 52.6 Å². The number of hydrogen-bond donors (Lipinski definition) is 1. The number of aryl methyl sites for hydroxylation is 2. The lowest BCUT2D eigenvalue weighted by Crippen LogP contribution is -2.46. The first kappa shape index (κ1) is 14.5. The summed E-state index contributed by atoms with van der Waals surface area (Å²) in [7, 11) is 0. The van der Waals surface area contributed by atoms with Crippen molar-refractivity contribution in [3.05, 3.63) is 34.9 Å². The zero-order valence-electron chi connectivity index (χ0n) is 12.9. The van der Waals surface area contributed by atoms with E-state index in [9.17, 15) is 0 Å². The van der Waals surface area contributed by atoms with Gasteiger partial charge in [0.1, 0.15) is 0 Å². The molecule has 1 aliphatic rings. The van der Waals surface area contributed by atoms with Crippen LogP contribution in [0.25, 0.3) is 0 Å². The van der Waals surface area contributed by atoms with Crippen LogP contribution in [-0.2, 0) is 0 Å². The van der Waals surface area contributed by atoms with E-state index in [1.807, 2.05) is 0 Å².